The van der Waals surface area contributed by atoms with Gasteiger partial charge in [0, 0.05) is 24.7 Å². The third-order valence-electron chi connectivity index (χ3n) is 7.67. The van der Waals surface area contributed by atoms with E-state index < -0.39 is 35.3 Å². The number of nitrogens with zero attached hydrogens (tertiary/aromatic N) is 5. The zero-order valence-electron chi connectivity index (χ0n) is 26.0. The first-order valence-corrected chi connectivity index (χ1v) is 14.7. The van der Waals surface area contributed by atoms with E-state index in [1.54, 1.807) is 21.7 Å². The second-order valence-electron chi connectivity index (χ2n) is 13.0. The number of nitrogens with one attached hydrogen (secondary N) is 1. The van der Waals surface area contributed by atoms with E-state index in [4.69, 9.17) is 19.2 Å². The molecule has 1 aromatic carbocycles. The van der Waals surface area contributed by atoms with Crippen LogP contribution in [0.15, 0.2) is 42.6 Å². The summed E-state index contributed by atoms with van der Waals surface area (Å²) in [6.45, 7) is 14.4. The highest BCUT2D eigenvalue weighted by Crippen LogP contribution is 2.42. The van der Waals surface area contributed by atoms with Gasteiger partial charge in [-0.15, -0.1) is 0 Å². The van der Waals surface area contributed by atoms with Crippen molar-refractivity contribution in [3.05, 3.63) is 53.7 Å². The van der Waals surface area contributed by atoms with Crippen LogP contribution < -0.4 is 10.2 Å². The number of benzene rings is 1. The predicted octanol–water partition coefficient (Wildman–Crippen LogP) is 5.48. The van der Waals surface area contributed by atoms with E-state index in [1.165, 1.54) is 4.90 Å². The maximum atomic E-state index is 13.7. The molecule has 3 aromatic rings. The Labute approximate surface area is 251 Å². The van der Waals surface area contributed by atoms with Crippen molar-refractivity contribution in [3.8, 4) is 0 Å². The summed E-state index contributed by atoms with van der Waals surface area (Å²) >= 11 is 0. The molecule has 2 saturated heterocycles. The average molecular weight is 595 g/mol. The molecule has 2 unspecified atom stereocenters. The summed E-state index contributed by atoms with van der Waals surface area (Å²) in [7, 11) is 0. The number of carbonyl (C=O) groups excluding carboxylic acids is 1. The number of amides is 2. The molecule has 2 N–H and O–H groups in total. The number of ether oxygens (including phenoxy) is 3. The highest BCUT2D eigenvalue weighted by Gasteiger charge is 2.56. The largest absolute Gasteiger partial charge is 0.465 e. The molecule has 2 aliphatic heterocycles. The van der Waals surface area contributed by atoms with Crippen LogP contribution in [-0.2, 0) is 20.8 Å². The lowest BCUT2D eigenvalue weighted by molar-refractivity contribution is -0.160. The summed E-state index contributed by atoms with van der Waals surface area (Å²) in [5, 5.41) is 17.7. The number of rotatable bonds is 7. The first-order valence-electron chi connectivity index (χ1n) is 14.7. The molecule has 4 heterocycles. The molecule has 2 aliphatic rings. The number of anilines is 2. The van der Waals surface area contributed by atoms with E-state index in [0.717, 1.165) is 11.1 Å². The summed E-state index contributed by atoms with van der Waals surface area (Å²) in [6, 6.07) is 11.5. The number of likely N-dealkylation sites (tertiary alicyclic amines) is 1. The Hall–Kier alpha value is -3.90. The van der Waals surface area contributed by atoms with Gasteiger partial charge in [-0.2, -0.15) is 9.61 Å². The van der Waals surface area contributed by atoms with E-state index in [0.29, 0.717) is 36.8 Å². The van der Waals surface area contributed by atoms with Crippen molar-refractivity contribution in [1.29, 1.82) is 0 Å². The Balaban J connectivity index is 1.54. The fourth-order valence-electron chi connectivity index (χ4n) is 5.69. The Morgan fingerprint density at radius 3 is 2.60 bits per heavy atom. The van der Waals surface area contributed by atoms with Crippen LogP contribution in [0.25, 0.3) is 5.65 Å². The van der Waals surface area contributed by atoms with Crippen molar-refractivity contribution in [2.45, 2.75) is 90.4 Å². The molecule has 2 amide bonds. The highest BCUT2D eigenvalue weighted by molar-refractivity contribution is 5.88. The predicted molar refractivity (Wildman–Crippen MR) is 161 cm³/mol. The van der Waals surface area contributed by atoms with Crippen molar-refractivity contribution in [2.75, 3.05) is 29.9 Å². The minimum Gasteiger partial charge on any atom is -0.465 e. The molecular weight excluding hydrogens is 552 g/mol. The van der Waals surface area contributed by atoms with E-state index in [2.05, 4.69) is 24.3 Å². The second kappa shape index (κ2) is 11.3. The minimum atomic E-state index is -0.978. The molecule has 2 aromatic heterocycles. The van der Waals surface area contributed by atoms with Gasteiger partial charge in [0.2, 0.25) is 0 Å². The molecule has 0 radical (unpaired) electrons. The van der Waals surface area contributed by atoms with Gasteiger partial charge in [-0.3, -0.25) is 4.90 Å². The third kappa shape index (κ3) is 6.54. The summed E-state index contributed by atoms with van der Waals surface area (Å²) in [5.41, 5.74) is 1.00. The van der Waals surface area contributed by atoms with Crippen molar-refractivity contribution in [2.24, 2.45) is 0 Å². The standard InChI is InChI=1S/C31H42N6O6/c1-20(2)22-16-33-37-25(36(28(40)42-29(3,4)5)17-21-11-9-8-10-12-21)15-24(34-26(22)37)32-19-31-13-14-35(27(38)39)18-23(31)41-30(6,7)43-31/h8-12,15-16,20,23H,13-14,17-19H2,1-7H3,(H,32,34)(H,38,39). The van der Waals surface area contributed by atoms with Crippen LogP contribution in [0, 0.1) is 0 Å². The van der Waals surface area contributed by atoms with E-state index >= 15 is 0 Å². The van der Waals surface area contributed by atoms with Crippen molar-refractivity contribution < 1.29 is 28.9 Å². The van der Waals surface area contributed by atoms with E-state index in [-0.39, 0.29) is 19.0 Å². The fourth-order valence-corrected chi connectivity index (χ4v) is 5.69. The van der Waals surface area contributed by atoms with Crippen LogP contribution in [0.1, 0.15) is 71.9 Å². The van der Waals surface area contributed by atoms with Gasteiger partial charge in [-0.05, 0) is 52.5 Å². The molecule has 0 saturated carbocycles. The van der Waals surface area contributed by atoms with Crippen LogP contribution in [0.3, 0.4) is 0 Å². The third-order valence-corrected chi connectivity index (χ3v) is 7.67. The van der Waals surface area contributed by atoms with Gasteiger partial charge in [0.1, 0.15) is 28.9 Å². The highest BCUT2D eigenvalue weighted by atomic mass is 16.8. The smallest absolute Gasteiger partial charge is 0.416 e. The number of piperidine rings is 1. The summed E-state index contributed by atoms with van der Waals surface area (Å²) < 4.78 is 20.1. The van der Waals surface area contributed by atoms with Gasteiger partial charge >= 0.3 is 12.2 Å². The maximum Gasteiger partial charge on any atom is 0.416 e. The monoisotopic (exact) mass is 594 g/mol. The minimum absolute atomic E-state index is 0.132. The fraction of sp³-hybridized carbons (Fsp3) is 0.548. The topological polar surface area (TPSA) is 131 Å². The van der Waals surface area contributed by atoms with Crippen LogP contribution in [0.5, 0.6) is 0 Å². The van der Waals surface area contributed by atoms with Crippen molar-refractivity contribution in [3.63, 3.8) is 0 Å². The lowest BCUT2D eigenvalue weighted by Gasteiger charge is -2.40. The van der Waals surface area contributed by atoms with Crippen LogP contribution >= 0.6 is 0 Å². The first-order chi connectivity index (χ1) is 20.2. The van der Waals surface area contributed by atoms with Gasteiger partial charge in [-0.25, -0.2) is 14.6 Å². The number of carboxylic acid groups (broad SMARTS) is 1. The number of hydrogen-bond acceptors (Lipinski definition) is 8. The molecule has 0 bridgehead atoms. The lowest BCUT2D eigenvalue weighted by Crippen LogP contribution is -2.58. The second-order valence-corrected chi connectivity index (χ2v) is 13.0. The zero-order chi connectivity index (χ0) is 31.2. The number of fused-ring (bicyclic) bond motifs is 2. The molecule has 0 aliphatic carbocycles. The Bertz CT molecular complexity index is 1480. The maximum absolute atomic E-state index is 13.7. The van der Waals surface area contributed by atoms with Crippen molar-refractivity contribution in [1.82, 2.24) is 19.5 Å². The Morgan fingerprint density at radius 1 is 1.23 bits per heavy atom. The molecule has 43 heavy (non-hydrogen) atoms. The van der Waals surface area contributed by atoms with Gasteiger partial charge in [-0.1, -0.05) is 44.2 Å². The summed E-state index contributed by atoms with van der Waals surface area (Å²) in [6.07, 6.45) is 0.292. The number of hydrogen-bond donors (Lipinski definition) is 2. The van der Waals surface area contributed by atoms with Crippen LogP contribution in [-0.4, -0.2) is 79.5 Å². The average Bonchev–Trinajstić information content (AvgIpc) is 3.46. The zero-order valence-corrected chi connectivity index (χ0v) is 26.0. The van der Waals surface area contributed by atoms with Crippen LogP contribution in [0.2, 0.25) is 0 Å². The van der Waals surface area contributed by atoms with Gasteiger partial charge in [0.05, 0.1) is 19.3 Å². The molecule has 5 rings (SSSR count). The van der Waals surface area contributed by atoms with Crippen LogP contribution in [0.4, 0.5) is 21.2 Å². The molecule has 232 valence electrons. The Kier molecular flexibility index (Phi) is 8.03. The number of aromatic nitrogens is 3. The van der Waals surface area contributed by atoms with E-state index in [9.17, 15) is 14.7 Å². The van der Waals surface area contributed by atoms with E-state index in [1.807, 2.05) is 65.0 Å². The SMILES string of the molecule is CC(C)c1cnn2c(N(Cc3ccccc3)C(=O)OC(C)(C)C)cc(NCC34CCN(C(=O)O)CC3OC(C)(C)O4)nc12. The summed E-state index contributed by atoms with van der Waals surface area (Å²) in [5.74, 6) is 0.278. The molecular formula is C31H42N6O6. The lowest BCUT2D eigenvalue weighted by atomic mass is 9.88. The number of carbonyl (C=O) groups is 2. The Morgan fingerprint density at radius 2 is 1.95 bits per heavy atom. The molecule has 0 spiro atoms. The molecule has 12 nitrogen and oxygen atoms in total. The molecule has 12 heteroatoms. The normalized spacial score (nSPS) is 21.6. The van der Waals surface area contributed by atoms with Gasteiger partial charge in [0.25, 0.3) is 0 Å². The first kappa shape index (κ1) is 30.6. The molecule has 2 atom stereocenters. The summed E-state index contributed by atoms with van der Waals surface area (Å²) in [4.78, 5) is 33.3. The van der Waals surface area contributed by atoms with Crippen molar-refractivity contribution >= 4 is 29.5 Å². The van der Waals surface area contributed by atoms with Gasteiger partial charge in [0.15, 0.2) is 11.4 Å². The van der Waals surface area contributed by atoms with Gasteiger partial charge < -0.3 is 29.5 Å². The quantitative estimate of drug-likeness (QED) is 0.365. The molecule has 2 fully saturated rings.